The lowest BCUT2D eigenvalue weighted by Gasteiger charge is -2.08. The van der Waals surface area contributed by atoms with E-state index in [2.05, 4.69) is 9.47 Å². The maximum absolute atomic E-state index is 10.6. The van der Waals surface area contributed by atoms with Gasteiger partial charge in [-0.05, 0) is 0 Å². The summed E-state index contributed by atoms with van der Waals surface area (Å²) in [5.41, 5.74) is 0. The first-order valence-electron chi connectivity index (χ1n) is 3.40. The van der Waals surface area contributed by atoms with E-state index in [9.17, 15) is 4.79 Å². The van der Waals surface area contributed by atoms with E-state index < -0.39 is 12.1 Å². The number of nitrogens with zero attached hydrogens (tertiary/aromatic N) is 1. The lowest BCUT2D eigenvalue weighted by atomic mass is 10.4. The summed E-state index contributed by atoms with van der Waals surface area (Å²) < 4.78 is 9.09. The Bertz CT molecular complexity index is 175. The number of carbonyl (C=O) groups is 1. The second kappa shape index (κ2) is 6.58. The highest BCUT2D eigenvalue weighted by Gasteiger charge is 2.07. The van der Waals surface area contributed by atoms with E-state index in [1.165, 1.54) is 7.11 Å². The Labute approximate surface area is 70.5 Å². The average Bonchev–Trinajstić information content (AvgIpc) is 2.02. The van der Waals surface area contributed by atoms with Crippen LogP contribution in [0.1, 0.15) is 6.42 Å². The molecule has 1 N–H and O–H groups in total. The topological polar surface area (TPSA) is 79.5 Å². The molecule has 0 aliphatic rings. The average molecular weight is 173 g/mol. The number of hydrogen-bond donors (Lipinski definition) is 1. The third-order valence-electron chi connectivity index (χ3n) is 1.02. The summed E-state index contributed by atoms with van der Waals surface area (Å²) in [4.78, 5) is 10.6. The van der Waals surface area contributed by atoms with E-state index >= 15 is 0 Å². The van der Waals surface area contributed by atoms with Crippen molar-refractivity contribution < 1.29 is 19.4 Å². The summed E-state index contributed by atoms with van der Waals surface area (Å²) in [6, 6.07) is 1.64. The summed E-state index contributed by atoms with van der Waals surface area (Å²) in [6.07, 6.45) is -1.11. The minimum Gasteiger partial charge on any atom is -0.462 e. The first kappa shape index (κ1) is 10.9. The van der Waals surface area contributed by atoms with Gasteiger partial charge in [0.05, 0.1) is 12.7 Å². The third kappa shape index (κ3) is 5.65. The highest BCUT2D eigenvalue weighted by Crippen LogP contribution is 1.89. The Morgan fingerprint density at radius 1 is 1.67 bits per heavy atom. The van der Waals surface area contributed by atoms with Gasteiger partial charge in [-0.25, -0.2) is 0 Å². The normalized spacial score (nSPS) is 11.8. The summed E-state index contributed by atoms with van der Waals surface area (Å²) in [7, 11) is 1.43. The maximum Gasteiger partial charge on any atom is 0.320 e. The Kier molecular flexibility index (Phi) is 5.97. The minimum atomic E-state index is -0.822. The Hall–Kier alpha value is -1.12. The van der Waals surface area contributed by atoms with Crippen LogP contribution >= 0.6 is 0 Å². The van der Waals surface area contributed by atoms with E-state index in [0.717, 1.165) is 0 Å². The van der Waals surface area contributed by atoms with Gasteiger partial charge in [0.25, 0.3) is 0 Å². The molecule has 0 rings (SSSR count). The van der Waals surface area contributed by atoms with Gasteiger partial charge in [-0.1, -0.05) is 0 Å². The molecule has 0 saturated heterocycles. The number of carbonyl (C=O) groups excluding carboxylic acids is 1. The molecule has 0 heterocycles. The number of ether oxygens (including phenoxy) is 2. The number of aliphatic hydroxyl groups is 1. The van der Waals surface area contributed by atoms with Crippen LogP contribution in [0, 0.1) is 11.3 Å². The van der Waals surface area contributed by atoms with Gasteiger partial charge in [0.1, 0.15) is 19.1 Å². The van der Waals surface area contributed by atoms with E-state index in [-0.39, 0.29) is 19.6 Å². The predicted molar refractivity (Wildman–Crippen MR) is 39.1 cm³/mol. The quantitative estimate of drug-likeness (QED) is 0.564. The number of hydrogen-bond acceptors (Lipinski definition) is 5. The molecule has 0 aliphatic heterocycles. The number of nitriles is 1. The molecule has 0 amide bonds. The standard InChI is InChI=1S/C7H11NO4/c1-11-4-6(9)5-12-7(10)2-3-8/h6,9H,2,4-5H2,1H3. The fourth-order valence-electron chi connectivity index (χ4n) is 0.545. The van der Waals surface area contributed by atoms with Crippen molar-refractivity contribution in [3.05, 3.63) is 0 Å². The van der Waals surface area contributed by atoms with Crippen molar-refractivity contribution in [3.8, 4) is 6.07 Å². The fraction of sp³-hybridized carbons (Fsp3) is 0.714. The molecule has 0 fully saturated rings. The smallest absolute Gasteiger partial charge is 0.320 e. The summed E-state index contributed by atoms with van der Waals surface area (Å²) >= 11 is 0. The van der Waals surface area contributed by atoms with Crippen molar-refractivity contribution >= 4 is 5.97 Å². The predicted octanol–water partition coefficient (Wildman–Crippen LogP) is -0.549. The number of aliphatic hydroxyl groups excluding tert-OH is 1. The van der Waals surface area contributed by atoms with Crippen LogP contribution < -0.4 is 0 Å². The van der Waals surface area contributed by atoms with Crippen LogP contribution in [-0.2, 0) is 14.3 Å². The summed E-state index contributed by atoms with van der Waals surface area (Å²) in [6.45, 7) is -0.0197. The Morgan fingerprint density at radius 2 is 2.33 bits per heavy atom. The van der Waals surface area contributed by atoms with Crippen LogP contribution in [0.4, 0.5) is 0 Å². The SMILES string of the molecule is COCC(O)COC(=O)CC#N. The lowest BCUT2D eigenvalue weighted by Crippen LogP contribution is -2.22. The molecule has 1 unspecified atom stereocenters. The molecule has 0 aromatic rings. The zero-order chi connectivity index (χ0) is 9.40. The van der Waals surface area contributed by atoms with Gasteiger partial charge >= 0.3 is 5.97 Å². The number of rotatable bonds is 5. The van der Waals surface area contributed by atoms with Crippen LogP contribution in [0.5, 0.6) is 0 Å². The molecule has 0 radical (unpaired) electrons. The van der Waals surface area contributed by atoms with E-state index in [4.69, 9.17) is 10.4 Å². The van der Waals surface area contributed by atoms with Crippen LogP contribution in [0.3, 0.4) is 0 Å². The Morgan fingerprint density at radius 3 is 2.83 bits per heavy atom. The number of esters is 1. The molecule has 0 bridgehead atoms. The highest BCUT2D eigenvalue weighted by molar-refractivity contribution is 5.71. The zero-order valence-corrected chi connectivity index (χ0v) is 6.82. The molecule has 0 spiro atoms. The van der Waals surface area contributed by atoms with Crippen LogP contribution in [-0.4, -0.2) is 37.5 Å². The largest absolute Gasteiger partial charge is 0.462 e. The molecule has 12 heavy (non-hydrogen) atoms. The maximum atomic E-state index is 10.6. The second-order valence-electron chi connectivity index (χ2n) is 2.13. The molecule has 5 nitrogen and oxygen atoms in total. The van der Waals surface area contributed by atoms with Crippen LogP contribution in [0.25, 0.3) is 0 Å². The molecule has 0 aromatic heterocycles. The fourth-order valence-corrected chi connectivity index (χ4v) is 0.545. The molecule has 1 atom stereocenters. The van der Waals surface area contributed by atoms with E-state index in [0.29, 0.717) is 0 Å². The molecular formula is C7H11NO4. The van der Waals surface area contributed by atoms with Crippen molar-refractivity contribution in [2.45, 2.75) is 12.5 Å². The molecule has 0 aliphatic carbocycles. The van der Waals surface area contributed by atoms with Gasteiger partial charge in [0, 0.05) is 7.11 Å². The first-order chi connectivity index (χ1) is 5.70. The summed E-state index contributed by atoms with van der Waals surface area (Å²) in [5, 5.41) is 17.0. The molecule has 0 aromatic carbocycles. The molecule has 68 valence electrons. The van der Waals surface area contributed by atoms with Gasteiger partial charge in [-0.2, -0.15) is 5.26 Å². The molecule has 5 heteroatoms. The summed E-state index contributed by atoms with van der Waals surface area (Å²) in [5.74, 6) is -0.632. The molecule has 0 saturated carbocycles. The third-order valence-corrected chi connectivity index (χ3v) is 1.02. The first-order valence-corrected chi connectivity index (χ1v) is 3.40. The van der Waals surface area contributed by atoms with Gasteiger partial charge in [0.2, 0.25) is 0 Å². The lowest BCUT2D eigenvalue weighted by molar-refractivity contribution is -0.146. The van der Waals surface area contributed by atoms with Crippen molar-refractivity contribution in [2.24, 2.45) is 0 Å². The van der Waals surface area contributed by atoms with E-state index in [1.807, 2.05) is 0 Å². The van der Waals surface area contributed by atoms with Gasteiger partial charge in [-0.3, -0.25) is 4.79 Å². The van der Waals surface area contributed by atoms with Gasteiger partial charge in [-0.15, -0.1) is 0 Å². The minimum absolute atomic E-state index is 0.111. The van der Waals surface area contributed by atoms with Crippen molar-refractivity contribution in [2.75, 3.05) is 20.3 Å². The highest BCUT2D eigenvalue weighted by atomic mass is 16.5. The van der Waals surface area contributed by atoms with Crippen molar-refractivity contribution in [1.82, 2.24) is 0 Å². The monoisotopic (exact) mass is 173 g/mol. The van der Waals surface area contributed by atoms with E-state index in [1.54, 1.807) is 6.07 Å². The van der Waals surface area contributed by atoms with Gasteiger partial charge < -0.3 is 14.6 Å². The molecular weight excluding hydrogens is 162 g/mol. The van der Waals surface area contributed by atoms with Crippen LogP contribution in [0.2, 0.25) is 0 Å². The van der Waals surface area contributed by atoms with Crippen molar-refractivity contribution in [1.29, 1.82) is 5.26 Å². The van der Waals surface area contributed by atoms with Gasteiger partial charge in [0.15, 0.2) is 0 Å². The number of methoxy groups -OCH3 is 1. The van der Waals surface area contributed by atoms with Crippen LogP contribution in [0.15, 0.2) is 0 Å². The second-order valence-corrected chi connectivity index (χ2v) is 2.13. The van der Waals surface area contributed by atoms with Crippen molar-refractivity contribution in [3.63, 3.8) is 0 Å². The Balaban J connectivity index is 3.41. The zero-order valence-electron chi connectivity index (χ0n) is 6.82.